The van der Waals surface area contributed by atoms with Crippen molar-refractivity contribution in [2.45, 2.75) is 50.9 Å². The summed E-state index contributed by atoms with van der Waals surface area (Å²) in [4.78, 5) is 2.47. The summed E-state index contributed by atoms with van der Waals surface area (Å²) in [5, 5.41) is 13.1. The van der Waals surface area contributed by atoms with Crippen molar-refractivity contribution in [3.63, 3.8) is 0 Å². The number of hydrogen-bond donors (Lipinski definition) is 2. The van der Waals surface area contributed by atoms with Crippen LogP contribution in [0, 0.1) is 5.41 Å². The number of morpholine rings is 1. The SMILES string of the molecule is CC1(C)CN(CC2(CNC3CC3)CCOC2)CC(CO)O1. The summed E-state index contributed by atoms with van der Waals surface area (Å²) >= 11 is 0. The minimum Gasteiger partial charge on any atom is -0.394 e. The van der Waals surface area contributed by atoms with E-state index in [2.05, 4.69) is 24.1 Å². The number of aliphatic hydroxyl groups excluding tert-OH is 1. The second-order valence-electron chi connectivity index (χ2n) is 7.81. The van der Waals surface area contributed by atoms with E-state index in [9.17, 15) is 5.11 Å². The lowest BCUT2D eigenvalue weighted by Crippen LogP contribution is -2.57. The molecular weight excluding hydrogens is 268 g/mol. The van der Waals surface area contributed by atoms with E-state index in [1.54, 1.807) is 0 Å². The average molecular weight is 298 g/mol. The Hall–Kier alpha value is -0.200. The maximum atomic E-state index is 9.46. The van der Waals surface area contributed by atoms with Gasteiger partial charge in [-0.1, -0.05) is 0 Å². The molecular formula is C16H30N2O3. The average Bonchev–Trinajstić information content (AvgIpc) is 3.15. The molecule has 1 aliphatic carbocycles. The molecule has 0 bridgehead atoms. The van der Waals surface area contributed by atoms with E-state index in [0.29, 0.717) is 0 Å². The Morgan fingerprint density at radius 1 is 1.33 bits per heavy atom. The molecule has 0 aromatic rings. The van der Waals surface area contributed by atoms with Crippen molar-refractivity contribution >= 4 is 0 Å². The Morgan fingerprint density at radius 3 is 2.76 bits per heavy atom. The fraction of sp³-hybridized carbons (Fsp3) is 1.00. The summed E-state index contributed by atoms with van der Waals surface area (Å²) < 4.78 is 11.6. The number of aliphatic hydroxyl groups is 1. The molecule has 21 heavy (non-hydrogen) atoms. The van der Waals surface area contributed by atoms with Crippen molar-refractivity contribution < 1.29 is 14.6 Å². The van der Waals surface area contributed by atoms with Crippen molar-refractivity contribution in [1.29, 1.82) is 0 Å². The van der Waals surface area contributed by atoms with Gasteiger partial charge in [-0.25, -0.2) is 0 Å². The Kier molecular flexibility index (Phi) is 4.58. The zero-order valence-electron chi connectivity index (χ0n) is 13.4. The summed E-state index contributed by atoms with van der Waals surface area (Å²) in [6.45, 7) is 9.90. The van der Waals surface area contributed by atoms with Gasteiger partial charge in [-0.2, -0.15) is 0 Å². The number of nitrogens with zero attached hydrogens (tertiary/aromatic N) is 1. The molecule has 2 saturated heterocycles. The quantitative estimate of drug-likeness (QED) is 0.753. The van der Waals surface area contributed by atoms with Gasteiger partial charge in [-0.15, -0.1) is 0 Å². The highest BCUT2D eigenvalue weighted by atomic mass is 16.5. The third-order valence-corrected chi connectivity index (χ3v) is 4.84. The van der Waals surface area contributed by atoms with Crippen LogP contribution in [0.4, 0.5) is 0 Å². The molecule has 1 saturated carbocycles. The zero-order chi connectivity index (χ0) is 14.9. The molecule has 2 aliphatic heterocycles. The molecule has 0 aromatic carbocycles. The van der Waals surface area contributed by atoms with Crippen LogP contribution in [0.2, 0.25) is 0 Å². The second kappa shape index (κ2) is 6.13. The van der Waals surface area contributed by atoms with Gasteiger partial charge in [-0.3, -0.25) is 4.90 Å². The molecule has 3 rings (SSSR count). The fourth-order valence-electron chi connectivity index (χ4n) is 3.72. The van der Waals surface area contributed by atoms with Crippen molar-refractivity contribution in [2.24, 2.45) is 5.41 Å². The maximum absolute atomic E-state index is 9.46. The van der Waals surface area contributed by atoms with Crippen molar-refractivity contribution in [3.8, 4) is 0 Å². The molecule has 0 radical (unpaired) electrons. The smallest absolute Gasteiger partial charge is 0.0940 e. The largest absolute Gasteiger partial charge is 0.394 e. The fourth-order valence-corrected chi connectivity index (χ4v) is 3.72. The second-order valence-corrected chi connectivity index (χ2v) is 7.81. The number of hydrogen-bond acceptors (Lipinski definition) is 5. The van der Waals surface area contributed by atoms with Crippen molar-refractivity contribution in [2.75, 3.05) is 46.0 Å². The van der Waals surface area contributed by atoms with Crippen LogP contribution in [-0.4, -0.2) is 73.8 Å². The van der Waals surface area contributed by atoms with E-state index < -0.39 is 0 Å². The highest BCUT2D eigenvalue weighted by Crippen LogP contribution is 2.33. The van der Waals surface area contributed by atoms with E-state index >= 15 is 0 Å². The Morgan fingerprint density at radius 2 is 2.14 bits per heavy atom. The number of ether oxygens (including phenoxy) is 2. The van der Waals surface area contributed by atoms with Gasteiger partial charge in [0, 0.05) is 44.2 Å². The third kappa shape index (κ3) is 4.17. The van der Waals surface area contributed by atoms with E-state index in [1.807, 2.05) is 0 Å². The van der Waals surface area contributed by atoms with Crippen molar-refractivity contribution in [3.05, 3.63) is 0 Å². The molecule has 3 aliphatic rings. The van der Waals surface area contributed by atoms with Crippen LogP contribution in [0.15, 0.2) is 0 Å². The van der Waals surface area contributed by atoms with Gasteiger partial charge in [0.05, 0.1) is 24.9 Å². The minimum atomic E-state index is -0.184. The first-order chi connectivity index (χ1) is 10.0. The van der Waals surface area contributed by atoms with Crippen LogP contribution in [0.1, 0.15) is 33.1 Å². The molecule has 2 N–H and O–H groups in total. The predicted octanol–water partition coefficient (Wildman–Crippen LogP) is 0.617. The molecule has 0 spiro atoms. The topological polar surface area (TPSA) is 54.0 Å². The van der Waals surface area contributed by atoms with Gasteiger partial charge in [-0.05, 0) is 33.1 Å². The zero-order valence-corrected chi connectivity index (χ0v) is 13.4. The van der Waals surface area contributed by atoms with Gasteiger partial charge >= 0.3 is 0 Å². The molecule has 0 aromatic heterocycles. The molecule has 0 amide bonds. The first-order valence-electron chi connectivity index (χ1n) is 8.33. The van der Waals surface area contributed by atoms with E-state index in [-0.39, 0.29) is 23.7 Å². The van der Waals surface area contributed by atoms with E-state index in [1.165, 1.54) is 12.8 Å². The monoisotopic (exact) mass is 298 g/mol. The summed E-state index contributed by atoms with van der Waals surface area (Å²) in [6.07, 6.45) is 3.72. The molecule has 122 valence electrons. The first kappa shape index (κ1) is 15.7. The van der Waals surface area contributed by atoms with Crippen LogP contribution < -0.4 is 5.32 Å². The normalized spacial score (nSPS) is 37.0. The van der Waals surface area contributed by atoms with Gasteiger partial charge < -0.3 is 19.9 Å². The minimum absolute atomic E-state index is 0.0653. The predicted molar refractivity (Wildman–Crippen MR) is 81.4 cm³/mol. The molecule has 5 heteroatoms. The van der Waals surface area contributed by atoms with Crippen LogP contribution in [0.5, 0.6) is 0 Å². The molecule has 5 nitrogen and oxygen atoms in total. The van der Waals surface area contributed by atoms with Gasteiger partial charge in [0.25, 0.3) is 0 Å². The summed E-state index contributed by atoms with van der Waals surface area (Å²) in [5.74, 6) is 0. The highest BCUT2D eigenvalue weighted by molar-refractivity contribution is 4.94. The summed E-state index contributed by atoms with van der Waals surface area (Å²) in [5.41, 5.74) is 0.0479. The lowest BCUT2D eigenvalue weighted by Gasteiger charge is -2.45. The first-order valence-corrected chi connectivity index (χ1v) is 8.33. The van der Waals surface area contributed by atoms with E-state index in [4.69, 9.17) is 9.47 Å². The van der Waals surface area contributed by atoms with Crippen LogP contribution >= 0.6 is 0 Å². The lowest BCUT2D eigenvalue weighted by atomic mass is 9.85. The van der Waals surface area contributed by atoms with E-state index in [0.717, 1.165) is 51.9 Å². The number of nitrogens with one attached hydrogen (secondary N) is 1. The lowest BCUT2D eigenvalue weighted by molar-refractivity contribution is -0.154. The van der Waals surface area contributed by atoms with Crippen LogP contribution in [0.3, 0.4) is 0 Å². The van der Waals surface area contributed by atoms with Gasteiger partial charge in [0.15, 0.2) is 0 Å². The summed E-state index contributed by atoms with van der Waals surface area (Å²) in [6, 6.07) is 0.744. The molecule has 2 atom stereocenters. The molecule has 2 heterocycles. The maximum Gasteiger partial charge on any atom is 0.0940 e. The third-order valence-electron chi connectivity index (χ3n) is 4.84. The van der Waals surface area contributed by atoms with Crippen LogP contribution in [-0.2, 0) is 9.47 Å². The van der Waals surface area contributed by atoms with Gasteiger partial charge in [0.2, 0.25) is 0 Å². The Bertz CT molecular complexity index is 351. The standard InChI is InChI=1S/C16H30N2O3/c1-15(2)10-18(7-14(8-19)21-15)11-16(5-6-20-12-16)9-17-13-3-4-13/h13-14,17,19H,3-12H2,1-2H3. The van der Waals surface area contributed by atoms with Crippen LogP contribution in [0.25, 0.3) is 0 Å². The number of rotatable bonds is 6. The summed E-state index contributed by atoms with van der Waals surface area (Å²) in [7, 11) is 0. The van der Waals surface area contributed by atoms with Gasteiger partial charge in [0.1, 0.15) is 0 Å². The molecule has 3 fully saturated rings. The Balaban J connectivity index is 1.61. The highest BCUT2D eigenvalue weighted by Gasteiger charge is 2.41. The van der Waals surface area contributed by atoms with Crippen molar-refractivity contribution in [1.82, 2.24) is 10.2 Å². The molecule has 2 unspecified atom stereocenters. The Labute approximate surface area is 128 Å².